The third kappa shape index (κ3) is 5.90. The molecule has 6 heteroatoms. The molecular weight excluding hydrogens is 260 g/mol. The Morgan fingerprint density at radius 3 is 1.25 bits per heavy atom. The first-order valence-corrected chi connectivity index (χ1v) is 6.04. The number of hydrogen-bond acceptors (Lipinski definition) is 4. The number of benzene rings is 1. The van der Waals surface area contributed by atoms with Crippen LogP contribution >= 0.6 is 0 Å². The highest BCUT2D eigenvalue weighted by Gasteiger charge is 2.09. The summed E-state index contributed by atoms with van der Waals surface area (Å²) < 4.78 is 0. The zero-order valence-corrected chi connectivity index (χ0v) is 10.9. The van der Waals surface area contributed by atoms with Crippen molar-refractivity contribution in [3.8, 4) is 0 Å². The first-order chi connectivity index (χ1) is 9.36. The fourth-order valence-corrected chi connectivity index (χ4v) is 1.74. The van der Waals surface area contributed by atoms with Crippen LogP contribution in [0.25, 0.3) is 0 Å². The number of Topliss-reactive ketones (excluding diaryl/α,β-unsaturated/α-hetero) is 2. The van der Waals surface area contributed by atoms with E-state index in [0.29, 0.717) is 0 Å². The van der Waals surface area contributed by atoms with Gasteiger partial charge in [-0.2, -0.15) is 0 Å². The van der Waals surface area contributed by atoms with E-state index in [1.165, 1.54) is 0 Å². The first kappa shape index (κ1) is 15.6. The van der Waals surface area contributed by atoms with Gasteiger partial charge in [-0.15, -0.1) is 0 Å². The molecule has 0 bridgehead atoms. The molecule has 6 nitrogen and oxygen atoms in total. The molecule has 0 saturated carbocycles. The summed E-state index contributed by atoms with van der Waals surface area (Å²) >= 11 is 0. The van der Waals surface area contributed by atoms with E-state index in [0.717, 1.165) is 11.1 Å². The van der Waals surface area contributed by atoms with Crippen molar-refractivity contribution in [2.45, 2.75) is 25.7 Å². The van der Waals surface area contributed by atoms with Gasteiger partial charge in [-0.1, -0.05) is 24.3 Å². The molecule has 0 atom stereocenters. The highest BCUT2D eigenvalue weighted by molar-refractivity contribution is 5.98. The van der Waals surface area contributed by atoms with Gasteiger partial charge >= 0.3 is 0 Å². The van der Waals surface area contributed by atoms with E-state index in [1.54, 1.807) is 24.3 Å². The van der Waals surface area contributed by atoms with Crippen LogP contribution in [0, 0.1) is 0 Å². The molecule has 0 aliphatic heterocycles. The van der Waals surface area contributed by atoms with Crippen LogP contribution in [0.5, 0.6) is 0 Å². The molecular formula is C14H16N2O4. The molecule has 4 N–H and O–H groups in total. The molecule has 1 aromatic carbocycles. The zero-order chi connectivity index (χ0) is 15.1. The van der Waals surface area contributed by atoms with Crippen molar-refractivity contribution < 1.29 is 19.2 Å². The minimum absolute atomic E-state index is 0.123. The molecule has 0 aromatic heterocycles. The summed E-state index contributed by atoms with van der Waals surface area (Å²) in [5.74, 6) is -1.81. The Balaban J connectivity index is 2.56. The van der Waals surface area contributed by atoms with Gasteiger partial charge in [-0.3, -0.25) is 19.2 Å². The van der Waals surface area contributed by atoms with Gasteiger partial charge in [-0.25, -0.2) is 0 Å². The van der Waals surface area contributed by atoms with Crippen molar-refractivity contribution in [2.24, 2.45) is 11.5 Å². The van der Waals surface area contributed by atoms with Crippen molar-refractivity contribution in [2.75, 3.05) is 0 Å². The van der Waals surface area contributed by atoms with Gasteiger partial charge < -0.3 is 11.5 Å². The van der Waals surface area contributed by atoms with Crippen molar-refractivity contribution >= 4 is 23.4 Å². The van der Waals surface area contributed by atoms with Gasteiger partial charge in [0.25, 0.3) is 0 Å². The molecule has 0 aliphatic carbocycles. The summed E-state index contributed by atoms with van der Waals surface area (Å²) in [5, 5.41) is 0. The number of carbonyl (C=O) groups is 4. The van der Waals surface area contributed by atoms with Crippen LogP contribution in [0.1, 0.15) is 24.0 Å². The van der Waals surface area contributed by atoms with Crippen molar-refractivity contribution in [3.63, 3.8) is 0 Å². The number of carbonyl (C=O) groups excluding carboxylic acids is 4. The van der Waals surface area contributed by atoms with Crippen LogP contribution in [0.3, 0.4) is 0 Å². The van der Waals surface area contributed by atoms with Gasteiger partial charge in [0.2, 0.25) is 11.8 Å². The predicted octanol–water partition coefficient (Wildman–Crippen LogP) is -0.339. The Morgan fingerprint density at radius 1 is 0.700 bits per heavy atom. The number of ketones is 2. The standard InChI is InChI=1S/C14H16N2O4/c15-13(19)7-11(17)5-9-1-2-10(4-3-9)6-12(18)8-14(16)20/h1-4H,5-8H2,(H2,15,19)(H2,16,20). The Labute approximate surface area is 116 Å². The quantitative estimate of drug-likeness (QED) is 0.631. The molecule has 0 radical (unpaired) electrons. The Hall–Kier alpha value is -2.50. The highest BCUT2D eigenvalue weighted by atomic mass is 16.2. The first-order valence-electron chi connectivity index (χ1n) is 6.04. The molecule has 0 spiro atoms. The molecule has 1 rings (SSSR count). The topological polar surface area (TPSA) is 120 Å². The number of hydrogen-bond donors (Lipinski definition) is 2. The minimum atomic E-state index is -0.649. The minimum Gasteiger partial charge on any atom is -0.369 e. The summed E-state index contributed by atoms with van der Waals surface area (Å²) in [6, 6.07) is 6.80. The van der Waals surface area contributed by atoms with E-state index in [-0.39, 0.29) is 37.2 Å². The Bertz CT molecular complexity index is 486. The summed E-state index contributed by atoms with van der Waals surface area (Å²) in [6.45, 7) is 0. The predicted molar refractivity (Wildman–Crippen MR) is 71.5 cm³/mol. The van der Waals surface area contributed by atoms with E-state index in [9.17, 15) is 19.2 Å². The van der Waals surface area contributed by atoms with Gasteiger partial charge in [0.1, 0.15) is 11.6 Å². The average molecular weight is 276 g/mol. The average Bonchev–Trinajstić information content (AvgIpc) is 2.29. The lowest BCUT2D eigenvalue weighted by Crippen LogP contribution is -2.18. The lowest BCUT2D eigenvalue weighted by Gasteiger charge is -2.03. The molecule has 2 amide bonds. The summed E-state index contributed by atoms with van der Waals surface area (Å²) in [4.78, 5) is 44.0. The second kappa shape index (κ2) is 7.18. The number of nitrogens with two attached hydrogens (primary N) is 2. The normalized spacial score (nSPS) is 10.0. The maximum absolute atomic E-state index is 11.4. The van der Waals surface area contributed by atoms with E-state index < -0.39 is 11.8 Å². The SMILES string of the molecule is NC(=O)CC(=O)Cc1ccc(CC(=O)CC(N)=O)cc1. The lowest BCUT2D eigenvalue weighted by atomic mass is 10.0. The maximum Gasteiger partial charge on any atom is 0.224 e. The smallest absolute Gasteiger partial charge is 0.224 e. The van der Waals surface area contributed by atoms with Crippen LogP contribution in [0.2, 0.25) is 0 Å². The summed E-state index contributed by atoms with van der Waals surface area (Å²) in [6.07, 6.45) is -0.311. The van der Waals surface area contributed by atoms with Crippen LogP contribution in [0.4, 0.5) is 0 Å². The summed E-state index contributed by atoms with van der Waals surface area (Å²) in [5.41, 5.74) is 11.3. The van der Waals surface area contributed by atoms with Crippen LogP contribution < -0.4 is 11.5 Å². The van der Waals surface area contributed by atoms with Crippen LogP contribution in [-0.4, -0.2) is 23.4 Å². The molecule has 20 heavy (non-hydrogen) atoms. The fraction of sp³-hybridized carbons (Fsp3) is 0.286. The van der Waals surface area contributed by atoms with Gasteiger partial charge in [-0.05, 0) is 11.1 Å². The molecule has 0 saturated heterocycles. The highest BCUT2D eigenvalue weighted by Crippen LogP contribution is 2.08. The van der Waals surface area contributed by atoms with Crippen LogP contribution in [0.15, 0.2) is 24.3 Å². The maximum atomic E-state index is 11.4. The number of primary amides is 2. The van der Waals surface area contributed by atoms with E-state index in [1.807, 2.05) is 0 Å². The zero-order valence-electron chi connectivity index (χ0n) is 10.9. The monoisotopic (exact) mass is 276 g/mol. The fourth-order valence-electron chi connectivity index (χ4n) is 1.74. The van der Waals surface area contributed by atoms with E-state index in [4.69, 9.17) is 11.5 Å². The molecule has 1 aromatic rings. The van der Waals surface area contributed by atoms with E-state index in [2.05, 4.69) is 0 Å². The third-order valence-electron chi connectivity index (χ3n) is 2.57. The van der Waals surface area contributed by atoms with E-state index >= 15 is 0 Å². The molecule has 0 heterocycles. The molecule has 0 fully saturated rings. The Kier molecular flexibility index (Phi) is 5.58. The van der Waals surface area contributed by atoms with Gasteiger partial charge in [0, 0.05) is 12.8 Å². The van der Waals surface area contributed by atoms with Crippen molar-refractivity contribution in [1.82, 2.24) is 0 Å². The summed E-state index contributed by atoms with van der Waals surface area (Å²) in [7, 11) is 0. The third-order valence-corrected chi connectivity index (χ3v) is 2.57. The second-order valence-electron chi connectivity index (χ2n) is 4.53. The molecule has 0 aliphatic rings. The Morgan fingerprint density at radius 2 is 1.00 bits per heavy atom. The van der Waals surface area contributed by atoms with Crippen LogP contribution in [-0.2, 0) is 32.0 Å². The number of rotatable bonds is 8. The van der Waals surface area contributed by atoms with Crippen molar-refractivity contribution in [1.29, 1.82) is 0 Å². The molecule has 106 valence electrons. The largest absolute Gasteiger partial charge is 0.369 e. The van der Waals surface area contributed by atoms with Gasteiger partial charge in [0.15, 0.2) is 0 Å². The van der Waals surface area contributed by atoms with Gasteiger partial charge in [0.05, 0.1) is 12.8 Å². The second-order valence-corrected chi connectivity index (χ2v) is 4.53. The lowest BCUT2D eigenvalue weighted by molar-refractivity contribution is -0.127. The molecule has 0 unspecified atom stereocenters. The van der Waals surface area contributed by atoms with Crippen molar-refractivity contribution in [3.05, 3.63) is 35.4 Å². The number of amides is 2.